The van der Waals surface area contributed by atoms with Gasteiger partial charge in [0.1, 0.15) is 9.84 Å². The molecule has 18 heavy (non-hydrogen) atoms. The molecule has 0 aromatic heterocycles. The van der Waals surface area contributed by atoms with Crippen LogP contribution in [0.15, 0.2) is 0 Å². The molecule has 6 nitrogen and oxygen atoms in total. The molecule has 1 saturated heterocycles. The summed E-state index contributed by atoms with van der Waals surface area (Å²) in [6.45, 7) is 0.350. The molecule has 0 aromatic rings. The van der Waals surface area contributed by atoms with Crippen molar-refractivity contribution in [3.63, 3.8) is 0 Å². The first-order chi connectivity index (χ1) is 8.28. The molecular weight excluding hydrogens is 278 g/mol. The Balaban J connectivity index is 1.83. The Morgan fingerprint density at radius 3 is 2.22 bits per heavy atom. The van der Waals surface area contributed by atoms with Gasteiger partial charge in [-0.3, -0.25) is 0 Å². The van der Waals surface area contributed by atoms with Gasteiger partial charge in [-0.2, -0.15) is 0 Å². The average Bonchev–Trinajstić information content (AvgIpc) is 2.22. The van der Waals surface area contributed by atoms with Crippen molar-refractivity contribution in [2.24, 2.45) is 5.92 Å². The molecule has 0 aromatic carbocycles. The van der Waals surface area contributed by atoms with Crippen molar-refractivity contribution in [2.75, 3.05) is 18.1 Å². The van der Waals surface area contributed by atoms with Gasteiger partial charge in [-0.25, -0.2) is 21.6 Å². The fourth-order valence-electron chi connectivity index (χ4n) is 2.40. The van der Waals surface area contributed by atoms with Gasteiger partial charge in [0.2, 0.25) is 10.0 Å². The zero-order valence-electron chi connectivity index (χ0n) is 10.1. The predicted molar refractivity (Wildman–Crippen MR) is 67.3 cm³/mol. The van der Waals surface area contributed by atoms with E-state index in [0.717, 1.165) is 0 Å². The Morgan fingerprint density at radius 2 is 1.72 bits per heavy atom. The maximum Gasteiger partial charge on any atom is 0.214 e. The third-order valence-corrected chi connectivity index (χ3v) is 7.36. The van der Waals surface area contributed by atoms with E-state index >= 15 is 0 Å². The first kappa shape index (κ1) is 14.2. The molecule has 2 rings (SSSR count). The van der Waals surface area contributed by atoms with Crippen LogP contribution in [0.2, 0.25) is 0 Å². The number of aliphatic hydroxyl groups is 1. The van der Waals surface area contributed by atoms with Crippen molar-refractivity contribution in [3.8, 4) is 0 Å². The Bertz CT molecular complexity index is 478. The van der Waals surface area contributed by atoms with Gasteiger partial charge < -0.3 is 5.11 Å². The topological polar surface area (TPSA) is 101 Å². The van der Waals surface area contributed by atoms with Crippen LogP contribution in [0.25, 0.3) is 0 Å². The van der Waals surface area contributed by atoms with Gasteiger partial charge in [0, 0.05) is 6.54 Å². The minimum absolute atomic E-state index is 0.0410. The van der Waals surface area contributed by atoms with Crippen molar-refractivity contribution in [3.05, 3.63) is 0 Å². The normalized spacial score (nSPS) is 32.9. The van der Waals surface area contributed by atoms with E-state index in [0.29, 0.717) is 19.4 Å². The number of hydrogen-bond donors (Lipinski definition) is 2. The molecule has 1 aliphatic heterocycles. The van der Waals surface area contributed by atoms with Gasteiger partial charge in [0.25, 0.3) is 0 Å². The monoisotopic (exact) mass is 297 g/mol. The molecule has 0 bridgehead atoms. The molecule has 0 radical (unpaired) electrons. The molecule has 0 spiro atoms. The van der Waals surface area contributed by atoms with Crippen LogP contribution in [0, 0.1) is 5.92 Å². The van der Waals surface area contributed by atoms with E-state index in [1.54, 1.807) is 0 Å². The van der Waals surface area contributed by atoms with Crippen molar-refractivity contribution < 1.29 is 21.9 Å². The molecular formula is C10H19NO5S2. The van der Waals surface area contributed by atoms with E-state index in [2.05, 4.69) is 4.72 Å². The van der Waals surface area contributed by atoms with E-state index in [4.69, 9.17) is 5.11 Å². The van der Waals surface area contributed by atoms with Crippen LogP contribution in [0.3, 0.4) is 0 Å². The summed E-state index contributed by atoms with van der Waals surface area (Å²) in [6.07, 6.45) is 1.36. The Kier molecular flexibility index (Phi) is 4.01. The van der Waals surface area contributed by atoms with E-state index in [1.165, 1.54) is 0 Å². The lowest BCUT2D eigenvalue weighted by Gasteiger charge is -2.32. The van der Waals surface area contributed by atoms with Gasteiger partial charge in [-0.15, -0.1) is 0 Å². The molecule has 2 fully saturated rings. The molecule has 106 valence electrons. The summed E-state index contributed by atoms with van der Waals surface area (Å²) in [5.41, 5.74) is 0. The molecule has 0 amide bonds. The lowest BCUT2D eigenvalue weighted by molar-refractivity contribution is 0.0453. The second kappa shape index (κ2) is 5.07. The van der Waals surface area contributed by atoms with Crippen LogP contribution < -0.4 is 4.72 Å². The van der Waals surface area contributed by atoms with E-state index in [1.807, 2.05) is 0 Å². The second-order valence-corrected chi connectivity index (χ2v) is 9.58. The highest BCUT2D eigenvalue weighted by atomic mass is 32.2. The molecule has 2 N–H and O–H groups in total. The van der Waals surface area contributed by atoms with Gasteiger partial charge in [0.05, 0.1) is 22.9 Å². The number of sulfonamides is 1. The minimum atomic E-state index is -3.42. The van der Waals surface area contributed by atoms with E-state index in [-0.39, 0.29) is 36.4 Å². The van der Waals surface area contributed by atoms with Crippen molar-refractivity contribution >= 4 is 19.9 Å². The van der Waals surface area contributed by atoms with Crippen LogP contribution in [-0.4, -0.2) is 51.3 Å². The van der Waals surface area contributed by atoms with Gasteiger partial charge in [-0.05, 0) is 31.6 Å². The highest BCUT2D eigenvalue weighted by molar-refractivity contribution is 7.92. The van der Waals surface area contributed by atoms with Gasteiger partial charge in [0.15, 0.2) is 0 Å². The summed E-state index contributed by atoms with van der Waals surface area (Å²) in [5.74, 6) is 0.128. The number of aliphatic hydroxyl groups excluding tert-OH is 1. The first-order valence-corrected chi connectivity index (χ1v) is 9.52. The second-order valence-electron chi connectivity index (χ2n) is 5.24. The summed E-state index contributed by atoms with van der Waals surface area (Å²) < 4.78 is 48.9. The summed E-state index contributed by atoms with van der Waals surface area (Å²) in [6, 6.07) is 0. The molecule has 1 heterocycles. The number of nitrogens with one attached hydrogen (secondary N) is 1. The Labute approximate surface area is 108 Å². The predicted octanol–water partition coefficient (Wildman–Crippen LogP) is -0.746. The van der Waals surface area contributed by atoms with E-state index in [9.17, 15) is 16.8 Å². The van der Waals surface area contributed by atoms with Crippen molar-refractivity contribution in [2.45, 2.75) is 37.0 Å². The molecule has 0 unspecified atom stereocenters. The number of sulfone groups is 1. The molecule has 1 saturated carbocycles. The highest BCUT2D eigenvalue weighted by Gasteiger charge is 2.34. The van der Waals surface area contributed by atoms with Crippen LogP contribution in [0.4, 0.5) is 0 Å². The summed E-state index contributed by atoms with van der Waals surface area (Å²) >= 11 is 0. The largest absolute Gasteiger partial charge is 0.393 e. The zero-order chi connectivity index (χ0) is 13.4. The standard InChI is InChI=1S/C10H19NO5S2/c12-9-5-8(6-9)7-11-18(15,16)10-1-3-17(13,14)4-2-10/h8-12H,1-7H2. The van der Waals surface area contributed by atoms with Gasteiger partial charge >= 0.3 is 0 Å². The van der Waals surface area contributed by atoms with Gasteiger partial charge in [-0.1, -0.05) is 0 Å². The summed E-state index contributed by atoms with van der Waals surface area (Å²) in [4.78, 5) is 0. The zero-order valence-corrected chi connectivity index (χ0v) is 11.7. The van der Waals surface area contributed by atoms with Crippen LogP contribution >= 0.6 is 0 Å². The minimum Gasteiger partial charge on any atom is -0.393 e. The fourth-order valence-corrected chi connectivity index (χ4v) is 5.75. The fraction of sp³-hybridized carbons (Fsp3) is 1.00. The first-order valence-electron chi connectivity index (χ1n) is 6.15. The number of rotatable bonds is 4. The van der Waals surface area contributed by atoms with E-state index < -0.39 is 25.1 Å². The summed E-state index contributed by atoms with van der Waals surface area (Å²) in [7, 11) is -6.45. The smallest absolute Gasteiger partial charge is 0.214 e. The Hall–Kier alpha value is -0.180. The maximum atomic E-state index is 12.0. The molecule has 1 aliphatic carbocycles. The summed E-state index contributed by atoms with van der Waals surface area (Å²) in [5, 5.41) is 8.52. The number of hydrogen-bond acceptors (Lipinski definition) is 5. The molecule has 0 atom stereocenters. The van der Waals surface area contributed by atoms with Crippen molar-refractivity contribution in [1.82, 2.24) is 4.72 Å². The van der Waals surface area contributed by atoms with Crippen molar-refractivity contribution in [1.29, 1.82) is 0 Å². The molecule has 8 heteroatoms. The highest BCUT2D eigenvalue weighted by Crippen LogP contribution is 2.27. The third kappa shape index (κ3) is 3.43. The quantitative estimate of drug-likeness (QED) is 0.711. The third-order valence-electron chi connectivity index (χ3n) is 3.72. The Morgan fingerprint density at radius 1 is 1.17 bits per heavy atom. The lowest BCUT2D eigenvalue weighted by atomic mass is 9.83. The molecule has 2 aliphatic rings. The van der Waals surface area contributed by atoms with Crippen LogP contribution in [-0.2, 0) is 19.9 Å². The lowest BCUT2D eigenvalue weighted by Crippen LogP contribution is -2.44. The average molecular weight is 297 g/mol. The maximum absolute atomic E-state index is 12.0. The van der Waals surface area contributed by atoms with Crippen LogP contribution in [0.5, 0.6) is 0 Å². The van der Waals surface area contributed by atoms with Crippen LogP contribution in [0.1, 0.15) is 25.7 Å². The SMILES string of the molecule is O=S1(=O)CCC(S(=O)(=O)NCC2CC(O)C2)CC1.